The molecule has 8 heteroatoms. The molecule has 1 fully saturated rings. The Balaban J connectivity index is 0.00000192. The van der Waals surface area contributed by atoms with Crippen molar-refractivity contribution in [3.63, 3.8) is 0 Å². The summed E-state index contributed by atoms with van der Waals surface area (Å²) in [6.45, 7) is 3.31. The highest BCUT2D eigenvalue weighted by Gasteiger charge is 2.34. The third kappa shape index (κ3) is 3.44. The molecule has 0 aliphatic carbocycles. The molecule has 1 aliphatic rings. The molecule has 2 atom stereocenters. The molecule has 126 valence electrons. The number of hydrogen-bond acceptors (Lipinski definition) is 3. The van der Waals surface area contributed by atoms with Crippen LogP contribution in [0.5, 0.6) is 0 Å². The van der Waals surface area contributed by atoms with E-state index in [0.717, 1.165) is 11.1 Å². The molecule has 0 saturated carbocycles. The third-order valence-corrected chi connectivity index (χ3v) is 6.23. The van der Waals surface area contributed by atoms with E-state index in [1.165, 1.54) is 11.3 Å². The van der Waals surface area contributed by atoms with Crippen LogP contribution in [0.2, 0.25) is 15.1 Å². The lowest BCUT2D eigenvalue weighted by Gasteiger charge is -2.20. The van der Waals surface area contributed by atoms with E-state index in [4.69, 9.17) is 40.5 Å². The van der Waals surface area contributed by atoms with Crippen LogP contribution in [0.4, 0.5) is 0 Å². The summed E-state index contributed by atoms with van der Waals surface area (Å²) >= 11 is 20.0. The van der Waals surface area contributed by atoms with Gasteiger partial charge in [0.1, 0.15) is 4.88 Å². The number of amides is 1. The SMILES string of the molecule is CC1CC(CN)CN1C(=O)c1sc2cc(Cl)cc(Cl)c2c1Cl.Cl. The Morgan fingerprint density at radius 2 is 2.09 bits per heavy atom. The molecule has 23 heavy (non-hydrogen) atoms. The summed E-state index contributed by atoms with van der Waals surface area (Å²) in [5, 5.41) is 2.11. The predicted molar refractivity (Wildman–Crippen MR) is 102 cm³/mol. The second-order valence-corrected chi connectivity index (χ2v) is 7.92. The molecular weight excluding hydrogens is 398 g/mol. The van der Waals surface area contributed by atoms with Crippen LogP contribution in [0.1, 0.15) is 23.0 Å². The number of likely N-dealkylation sites (tertiary alicyclic amines) is 1. The molecule has 0 radical (unpaired) electrons. The van der Waals surface area contributed by atoms with Gasteiger partial charge in [0.05, 0.1) is 10.0 Å². The van der Waals surface area contributed by atoms with E-state index >= 15 is 0 Å². The maximum Gasteiger partial charge on any atom is 0.265 e. The molecule has 2 N–H and O–H groups in total. The Morgan fingerprint density at radius 1 is 1.39 bits per heavy atom. The van der Waals surface area contributed by atoms with Crippen LogP contribution >= 0.6 is 58.5 Å². The van der Waals surface area contributed by atoms with Crippen LogP contribution in [0.25, 0.3) is 10.1 Å². The summed E-state index contributed by atoms with van der Waals surface area (Å²) in [5.41, 5.74) is 5.73. The zero-order chi connectivity index (χ0) is 16.0. The van der Waals surface area contributed by atoms with Gasteiger partial charge in [0, 0.05) is 27.7 Å². The number of carbonyl (C=O) groups is 1. The average molecular weight is 414 g/mol. The number of fused-ring (bicyclic) bond motifs is 1. The second-order valence-electron chi connectivity index (χ2n) is 5.65. The predicted octanol–water partition coefficient (Wildman–Crippen LogP) is 5.09. The molecule has 1 aromatic heterocycles. The van der Waals surface area contributed by atoms with Crippen molar-refractivity contribution in [2.45, 2.75) is 19.4 Å². The van der Waals surface area contributed by atoms with Crippen LogP contribution in [0.15, 0.2) is 12.1 Å². The van der Waals surface area contributed by atoms with Crippen LogP contribution in [-0.4, -0.2) is 29.9 Å². The second kappa shape index (κ2) is 7.34. The van der Waals surface area contributed by atoms with Crippen molar-refractivity contribution >= 4 is 74.5 Å². The summed E-state index contributed by atoms with van der Waals surface area (Å²) < 4.78 is 0.827. The fourth-order valence-electron chi connectivity index (χ4n) is 2.98. The number of hydrogen-bond donors (Lipinski definition) is 1. The highest BCUT2D eigenvalue weighted by atomic mass is 35.5. The van der Waals surface area contributed by atoms with Gasteiger partial charge in [-0.3, -0.25) is 4.79 Å². The van der Waals surface area contributed by atoms with Crippen molar-refractivity contribution in [3.8, 4) is 0 Å². The van der Waals surface area contributed by atoms with E-state index in [1.54, 1.807) is 12.1 Å². The van der Waals surface area contributed by atoms with Crippen molar-refractivity contribution in [2.75, 3.05) is 13.1 Å². The molecule has 1 aromatic carbocycles. The Labute approximate surface area is 160 Å². The number of nitrogens with two attached hydrogens (primary N) is 1. The first-order chi connectivity index (χ1) is 10.4. The summed E-state index contributed by atoms with van der Waals surface area (Å²) in [7, 11) is 0. The molecule has 0 spiro atoms. The Bertz CT molecular complexity index is 749. The van der Waals surface area contributed by atoms with Crippen molar-refractivity contribution < 1.29 is 4.79 Å². The summed E-state index contributed by atoms with van der Waals surface area (Å²) in [6.07, 6.45) is 0.928. The van der Waals surface area contributed by atoms with Crippen molar-refractivity contribution in [1.82, 2.24) is 4.90 Å². The van der Waals surface area contributed by atoms with Gasteiger partial charge in [-0.1, -0.05) is 34.8 Å². The lowest BCUT2D eigenvalue weighted by Crippen LogP contribution is -2.34. The molecule has 1 aliphatic heterocycles. The molecule has 3 rings (SSSR count). The van der Waals surface area contributed by atoms with E-state index in [2.05, 4.69) is 0 Å². The third-order valence-electron chi connectivity index (χ3n) is 4.10. The van der Waals surface area contributed by atoms with Gasteiger partial charge in [0.25, 0.3) is 5.91 Å². The van der Waals surface area contributed by atoms with E-state index in [0.29, 0.717) is 44.3 Å². The van der Waals surface area contributed by atoms with Crippen molar-refractivity contribution in [1.29, 1.82) is 0 Å². The fraction of sp³-hybridized carbons (Fsp3) is 0.400. The van der Waals surface area contributed by atoms with Crippen LogP contribution in [-0.2, 0) is 0 Å². The molecule has 0 bridgehead atoms. The summed E-state index contributed by atoms with van der Waals surface area (Å²) in [4.78, 5) is 15.2. The van der Waals surface area contributed by atoms with Gasteiger partial charge in [0.15, 0.2) is 0 Å². The van der Waals surface area contributed by atoms with Gasteiger partial charge in [-0.25, -0.2) is 0 Å². The van der Waals surface area contributed by atoms with Crippen molar-refractivity contribution in [2.24, 2.45) is 11.7 Å². The maximum absolute atomic E-state index is 12.8. The first-order valence-electron chi connectivity index (χ1n) is 7.00. The smallest absolute Gasteiger partial charge is 0.265 e. The summed E-state index contributed by atoms with van der Waals surface area (Å²) in [5.74, 6) is 0.298. The maximum atomic E-state index is 12.8. The van der Waals surface area contributed by atoms with Gasteiger partial charge in [-0.05, 0) is 37.9 Å². The fourth-order valence-corrected chi connectivity index (χ4v) is 5.31. The zero-order valence-corrected chi connectivity index (χ0v) is 16.2. The normalized spacial score (nSPS) is 20.8. The summed E-state index contributed by atoms with van der Waals surface area (Å²) in [6, 6.07) is 3.59. The van der Waals surface area contributed by atoms with Gasteiger partial charge in [-0.15, -0.1) is 23.7 Å². The average Bonchev–Trinajstić information content (AvgIpc) is 2.98. The highest BCUT2D eigenvalue weighted by Crippen LogP contribution is 2.42. The lowest BCUT2D eigenvalue weighted by atomic mass is 10.1. The van der Waals surface area contributed by atoms with E-state index in [-0.39, 0.29) is 24.4 Å². The molecule has 2 unspecified atom stereocenters. The van der Waals surface area contributed by atoms with Gasteiger partial charge >= 0.3 is 0 Å². The van der Waals surface area contributed by atoms with Gasteiger partial charge < -0.3 is 10.6 Å². The number of carbonyl (C=O) groups excluding carboxylic acids is 1. The number of benzene rings is 1. The number of thiophene rings is 1. The number of nitrogens with zero attached hydrogens (tertiary/aromatic N) is 1. The molecule has 3 nitrogen and oxygen atoms in total. The number of rotatable bonds is 2. The minimum absolute atomic E-state index is 0. The Hall–Kier alpha value is -0.230. The minimum atomic E-state index is -0.0539. The van der Waals surface area contributed by atoms with Gasteiger partial charge in [0.2, 0.25) is 0 Å². The molecule has 1 amide bonds. The Kier molecular flexibility index (Phi) is 6.10. The highest BCUT2D eigenvalue weighted by molar-refractivity contribution is 7.21. The van der Waals surface area contributed by atoms with E-state index in [1.807, 2.05) is 11.8 Å². The van der Waals surface area contributed by atoms with Crippen LogP contribution in [0.3, 0.4) is 0 Å². The van der Waals surface area contributed by atoms with Crippen molar-refractivity contribution in [3.05, 3.63) is 32.1 Å². The van der Waals surface area contributed by atoms with Crippen LogP contribution in [0, 0.1) is 5.92 Å². The molecular formula is C15H16Cl4N2OS. The molecule has 2 heterocycles. The quantitative estimate of drug-likeness (QED) is 0.744. The largest absolute Gasteiger partial charge is 0.335 e. The lowest BCUT2D eigenvalue weighted by molar-refractivity contribution is 0.0748. The van der Waals surface area contributed by atoms with E-state index < -0.39 is 0 Å². The Morgan fingerprint density at radius 3 is 2.70 bits per heavy atom. The minimum Gasteiger partial charge on any atom is -0.335 e. The van der Waals surface area contributed by atoms with Crippen LogP contribution < -0.4 is 5.73 Å². The first kappa shape index (κ1) is 19.1. The molecule has 1 saturated heterocycles. The van der Waals surface area contributed by atoms with Gasteiger partial charge in [-0.2, -0.15) is 0 Å². The topological polar surface area (TPSA) is 46.3 Å². The van der Waals surface area contributed by atoms with E-state index in [9.17, 15) is 4.79 Å². The standard InChI is InChI=1S/C15H15Cl3N2OS.ClH/c1-7-2-8(5-19)6-20(7)15(21)14-13(18)12-10(17)3-9(16)4-11(12)22-14;/h3-4,7-8H,2,5-6,19H2,1H3;1H. The molecule has 2 aromatic rings. The monoisotopic (exact) mass is 412 g/mol. The number of halogens is 4. The zero-order valence-electron chi connectivity index (χ0n) is 12.3. The first-order valence-corrected chi connectivity index (χ1v) is 8.95.